The van der Waals surface area contributed by atoms with E-state index in [1.54, 1.807) is 23.1 Å². The lowest BCUT2D eigenvalue weighted by Crippen LogP contribution is -2.01. The van der Waals surface area contributed by atoms with E-state index in [4.69, 9.17) is 5.10 Å². The van der Waals surface area contributed by atoms with Gasteiger partial charge in [0, 0.05) is 34.5 Å². The summed E-state index contributed by atoms with van der Waals surface area (Å²) in [6.45, 7) is 0.880. The molecule has 0 aliphatic carbocycles. The van der Waals surface area contributed by atoms with Crippen LogP contribution in [0.15, 0.2) is 95.9 Å². The second-order valence-corrected chi connectivity index (χ2v) is 9.05. The highest BCUT2D eigenvalue weighted by Crippen LogP contribution is 2.29. The maximum atomic E-state index is 4.91. The van der Waals surface area contributed by atoms with Crippen molar-refractivity contribution in [3.8, 4) is 16.9 Å². The van der Waals surface area contributed by atoms with Gasteiger partial charge in [0.25, 0.3) is 0 Å². The number of nitrogens with zero attached hydrogens (tertiary/aromatic N) is 5. The summed E-state index contributed by atoms with van der Waals surface area (Å²) in [5.74, 6) is 0.773. The van der Waals surface area contributed by atoms with Gasteiger partial charge in [-0.25, -0.2) is 4.68 Å². The van der Waals surface area contributed by atoms with Crippen LogP contribution in [-0.2, 0) is 18.7 Å². The number of benzene rings is 2. The number of aromatic nitrogens is 5. The number of aryl methyl sites for hydroxylation is 2. The van der Waals surface area contributed by atoms with Crippen LogP contribution < -0.4 is 0 Å². The van der Waals surface area contributed by atoms with E-state index >= 15 is 0 Å². The Labute approximate surface area is 189 Å². The van der Waals surface area contributed by atoms with E-state index in [2.05, 4.69) is 74.9 Å². The molecule has 154 valence electrons. The molecule has 0 saturated heterocycles. The average molecular weight is 444 g/mol. The van der Waals surface area contributed by atoms with Gasteiger partial charge in [0.1, 0.15) is 6.33 Å². The Morgan fingerprint density at radius 3 is 2.48 bits per heavy atom. The molecule has 0 atom stereocenters. The number of para-hydroxylation sites is 1. The van der Waals surface area contributed by atoms with Gasteiger partial charge in [-0.3, -0.25) is 0 Å². The summed E-state index contributed by atoms with van der Waals surface area (Å²) in [7, 11) is 0. The van der Waals surface area contributed by atoms with Gasteiger partial charge in [0.2, 0.25) is 0 Å². The standard InChI is InChI=1S/C24H21N5S2/c1-3-8-19(9-4-1)23-20(16-29(27-23)21-10-5-2-6-11-21)17-31-24-26-25-18-28(24)14-13-22-12-7-15-30-22/h1-12,15-16,18H,13-14,17H2. The molecular formula is C24H21N5S2. The Hall–Kier alpha value is -3.16. The molecule has 0 unspecified atom stereocenters. The molecule has 0 bridgehead atoms. The molecule has 0 aliphatic rings. The van der Waals surface area contributed by atoms with Crippen molar-refractivity contribution >= 4 is 23.1 Å². The Morgan fingerprint density at radius 2 is 1.71 bits per heavy atom. The third-order valence-electron chi connectivity index (χ3n) is 4.97. The predicted octanol–water partition coefficient (Wildman–Crippen LogP) is 5.73. The van der Waals surface area contributed by atoms with E-state index in [-0.39, 0.29) is 0 Å². The minimum atomic E-state index is 0.773. The summed E-state index contributed by atoms with van der Waals surface area (Å²) in [6, 6.07) is 24.8. The SMILES string of the molecule is c1ccc(-c2nn(-c3ccccc3)cc2CSc2nncn2CCc2cccs2)cc1. The van der Waals surface area contributed by atoms with Gasteiger partial charge < -0.3 is 4.57 Å². The quantitative estimate of drug-likeness (QED) is 0.288. The fourth-order valence-corrected chi connectivity index (χ4v) is 5.01. The van der Waals surface area contributed by atoms with Gasteiger partial charge >= 0.3 is 0 Å². The van der Waals surface area contributed by atoms with Crippen molar-refractivity contribution in [1.29, 1.82) is 0 Å². The van der Waals surface area contributed by atoms with Gasteiger partial charge in [0.05, 0.1) is 11.4 Å². The van der Waals surface area contributed by atoms with Crippen LogP contribution in [0, 0.1) is 0 Å². The summed E-state index contributed by atoms with van der Waals surface area (Å²) in [5, 5.41) is 16.4. The minimum absolute atomic E-state index is 0.773. The maximum absolute atomic E-state index is 4.91. The first-order valence-electron chi connectivity index (χ1n) is 10.1. The largest absolute Gasteiger partial charge is 0.308 e. The molecular weight excluding hydrogens is 422 g/mol. The highest BCUT2D eigenvalue weighted by Gasteiger charge is 2.14. The van der Waals surface area contributed by atoms with Crippen molar-refractivity contribution in [2.75, 3.05) is 0 Å². The van der Waals surface area contributed by atoms with Crippen LogP contribution in [0.5, 0.6) is 0 Å². The number of rotatable bonds is 8. The van der Waals surface area contributed by atoms with Crippen molar-refractivity contribution in [3.63, 3.8) is 0 Å². The highest BCUT2D eigenvalue weighted by atomic mass is 32.2. The fourth-order valence-electron chi connectivity index (χ4n) is 3.40. The lowest BCUT2D eigenvalue weighted by atomic mass is 10.1. The Balaban J connectivity index is 1.38. The van der Waals surface area contributed by atoms with Gasteiger partial charge in [-0.1, -0.05) is 66.4 Å². The van der Waals surface area contributed by atoms with E-state index < -0.39 is 0 Å². The van der Waals surface area contributed by atoms with Crippen LogP contribution in [0.1, 0.15) is 10.4 Å². The molecule has 0 amide bonds. The number of hydrogen-bond donors (Lipinski definition) is 0. The minimum Gasteiger partial charge on any atom is -0.308 e. The Bertz CT molecular complexity index is 1230. The first-order valence-corrected chi connectivity index (χ1v) is 12.0. The van der Waals surface area contributed by atoms with Crippen molar-refractivity contribution in [3.05, 3.63) is 101 Å². The molecule has 3 aromatic heterocycles. The predicted molar refractivity (Wildman–Crippen MR) is 127 cm³/mol. The number of thiophene rings is 1. The lowest BCUT2D eigenvalue weighted by molar-refractivity contribution is 0.637. The van der Waals surface area contributed by atoms with Crippen LogP contribution in [-0.4, -0.2) is 24.5 Å². The Morgan fingerprint density at radius 1 is 0.903 bits per heavy atom. The molecule has 0 saturated carbocycles. The first-order chi connectivity index (χ1) is 15.4. The monoisotopic (exact) mass is 443 g/mol. The Kier molecular flexibility index (Phi) is 5.95. The van der Waals surface area contributed by atoms with E-state index in [0.717, 1.165) is 40.8 Å². The summed E-state index contributed by atoms with van der Waals surface area (Å²) in [4.78, 5) is 1.38. The van der Waals surface area contributed by atoms with E-state index in [1.807, 2.05) is 35.3 Å². The summed E-state index contributed by atoms with van der Waals surface area (Å²) >= 11 is 3.49. The molecule has 0 radical (unpaired) electrons. The molecule has 0 fully saturated rings. The second kappa shape index (κ2) is 9.32. The third kappa shape index (κ3) is 4.62. The first kappa shape index (κ1) is 19.8. The number of hydrogen-bond acceptors (Lipinski definition) is 5. The number of thioether (sulfide) groups is 1. The van der Waals surface area contributed by atoms with Crippen molar-refractivity contribution in [1.82, 2.24) is 24.5 Å². The van der Waals surface area contributed by atoms with Crippen molar-refractivity contribution in [2.24, 2.45) is 0 Å². The molecule has 7 heteroatoms. The molecule has 5 aromatic rings. The molecule has 31 heavy (non-hydrogen) atoms. The lowest BCUT2D eigenvalue weighted by Gasteiger charge is -2.06. The highest BCUT2D eigenvalue weighted by molar-refractivity contribution is 7.98. The van der Waals surface area contributed by atoms with Crippen LogP contribution in [0.3, 0.4) is 0 Å². The normalized spacial score (nSPS) is 11.1. The zero-order valence-corrected chi connectivity index (χ0v) is 18.5. The molecule has 2 aromatic carbocycles. The van der Waals surface area contributed by atoms with Gasteiger partial charge in [-0.2, -0.15) is 5.10 Å². The molecule has 3 heterocycles. The van der Waals surface area contributed by atoms with Gasteiger partial charge in [-0.15, -0.1) is 21.5 Å². The summed E-state index contributed by atoms with van der Waals surface area (Å²) in [6.07, 6.45) is 4.93. The van der Waals surface area contributed by atoms with Crippen molar-refractivity contribution in [2.45, 2.75) is 23.9 Å². The van der Waals surface area contributed by atoms with Crippen LogP contribution in [0.4, 0.5) is 0 Å². The maximum Gasteiger partial charge on any atom is 0.191 e. The van der Waals surface area contributed by atoms with E-state index in [0.29, 0.717) is 0 Å². The van der Waals surface area contributed by atoms with E-state index in [9.17, 15) is 0 Å². The molecule has 0 N–H and O–H groups in total. The zero-order valence-electron chi connectivity index (χ0n) is 16.8. The topological polar surface area (TPSA) is 48.5 Å². The summed E-state index contributed by atoms with van der Waals surface area (Å²) < 4.78 is 4.09. The zero-order chi connectivity index (χ0) is 20.9. The molecule has 5 rings (SSSR count). The average Bonchev–Trinajstić information content (AvgIpc) is 3.58. The van der Waals surface area contributed by atoms with Crippen LogP contribution in [0.25, 0.3) is 16.9 Å². The molecule has 0 aliphatic heterocycles. The van der Waals surface area contributed by atoms with Gasteiger partial charge in [-0.05, 0) is 30.0 Å². The van der Waals surface area contributed by atoms with Crippen molar-refractivity contribution < 1.29 is 0 Å². The molecule has 0 spiro atoms. The van der Waals surface area contributed by atoms with Crippen LogP contribution in [0.2, 0.25) is 0 Å². The summed E-state index contributed by atoms with van der Waals surface area (Å²) in [5.41, 5.74) is 4.34. The smallest absolute Gasteiger partial charge is 0.191 e. The van der Waals surface area contributed by atoms with Crippen LogP contribution >= 0.6 is 23.1 Å². The van der Waals surface area contributed by atoms with E-state index in [1.165, 1.54) is 10.4 Å². The second-order valence-electron chi connectivity index (χ2n) is 7.07. The van der Waals surface area contributed by atoms with Gasteiger partial charge in [0.15, 0.2) is 5.16 Å². The third-order valence-corrected chi connectivity index (χ3v) is 6.94. The molecule has 5 nitrogen and oxygen atoms in total. The fraction of sp³-hybridized carbons (Fsp3) is 0.125.